The number of nitrogens with zero attached hydrogens (tertiary/aromatic N) is 3. The fourth-order valence-electron chi connectivity index (χ4n) is 2.16. The van der Waals surface area contributed by atoms with Crippen LogP contribution in [0, 0.1) is 5.92 Å². The number of esters is 1. The average Bonchev–Trinajstić information content (AvgIpc) is 2.61. The Kier molecular flexibility index (Phi) is 5.41. The minimum Gasteiger partial charge on any atom is -0.469 e. The maximum atomic E-state index is 12.3. The summed E-state index contributed by atoms with van der Waals surface area (Å²) in [6.07, 6.45) is 2.99. The Morgan fingerprint density at radius 2 is 1.78 bits per heavy atom. The molecular weight excluding hydrogens is 294 g/mol. The summed E-state index contributed by atoms with van der Waals surface area (Å²) >= 11 is 0. The number of hydrogen-bond donors (Lipinski definition) is 0. The van der Waals surface area contributed by atoms with Crippen LogP contribution in [0.1, 0.15) is 17.3 Å². The molecule has 6 nitrogen and oxygen atoms in total. The predicted octanol–water partition coefficient (Wildman–Crippen LogP) is 2.02. The van der Waals surface area contributed by atoms with Crippen molar-refractivity contribution in [2.45, 2.75) is 6.92 Å². The van der Waals surface area contributed by atoms with Crippen molar-refractivity contribution in [3.05, 3.63) is 48.3 Å². The van der Waals surface area contributed by atoms with Crippen molar-refractivity contribution >= 4 is 11.9 Å². The number of ether oxygens (including phenoxy) is 1. The lowest BCUT2D eigenvalue weighted by atomic mass is 10.1. The third-order valence-corrected chi connectivity index (χ3v) is 3.43. The van der Waals surface area contributed by atoms with Gasteiger partial charge in [0.05, 0.1) is 18.6 Å². The van der Waals surface area contributed by atoms with Gasteiger partial charge in [-0.2, -0.15) is 0 Å². The minimum absolute atomic E-state index is 0.236. The molecule has 1 amide bonds. The number of hydrogen-bond acceptors (Lipinski definition) is 5. The molecule has 1 aromatic carbocycles. The quantitative estimate of drug-likeness (QED) is 0.790. The molecular formula is C17H19N3O3. The highest BCUT2D eigenvalue weighted by atomic mass is 16.5. The zero-order valence-electron chi connectivity index (χ0n) is 13.4. The SMILES string of the molecule is COC(=O)C(C)CN(C)C(=O)c1cnc(-c2ccccc2)nc1. The third kappa shape index (κ3) is 4.12. The van der Waals surface area contributed by atoms with Gasteiger partial charge in [0, 0.05) is 31.5 Å². The zero-order valence-corrected chi connectivity index (χ0v) is 13.4. The van der Waals surface area contributed by atoms with Gasteiger partial charge < -0.3 is 9.64 Å². The fourth-order valence-corrected chi connectivity index (χ4v) is 2.16. The number of benzene rings is 1. The number of aromatic nitrogens is 2. The number of carbonyl (C=O) groups is 2. The Morgan fingerprint density at radius 1 is 1.17 bits per heavy atom. The summed E-state index contributed by atoms with van der Waals surface area (Å²) in [5.41, 5.74) is 1.27. The number of methoxy groups -OCH3 is 1. The molecule has 0 aliphatic heterocycles. The Bertz CT molecular complexity index is 671. The lowest BCUT2D eigenvalue weighted by molar-refractivity contribution is -0.145. The topological polar surface area (TPSA) is 72.4 Å². The van der Waals surface area contributed by atoms with E-state index in [1.54, 1.807) is 14.0 Å². The first-order valence-corrected chi connectivity index (χ1v) is 7.23. The molecule has 0 aliphatic rings. The first-order chi connectivity index (χ1) is 11.0. The second-order valence-corrected chi connectivity index (χ2v) is 5.27. The van der Waals surface area contributed by atoms with Crippen LogP contribution in [0.25, 0.3) is 11.4 Å². The van der Waals surface area contributed by atoms with E-state index in [1.807, 2.05) is 30.3 Å². The largest absolute Gasteiger partial charge is 0.469 e. The number of amides is 1. The van der Waals surface area contributed by atoms with Gasteiger partial charge in [-0.3, -0.25) is 9.59 Å². The molecule has 0 saturated carbocycles. The highest BCUT2D eigenvalue weighted by Crippen LogP contribution is 2.14. The lowest BCUT2D eigenvalue weighted by Gasteiger charge is -2.20. The molecule has 1 unspecified atom stereocenters. The van der Waals surface area contributed by atoms with Crippen LogP contribution in [0.3, 0.4) is 0 Å². The van der Waals surface area contributed by atoms with E-state index in [2.05, 4.69) is 14.7 Å². The van der Waals surface area contributed by atoms with Crippen molar-refractivity contribution in [1.29, 1.82) is 0 Å². The second kappa shape index (κ2) is 7.49. The molecule has 2 aromatic rings. The molecule has 23 heavy (non-hydrogen) atoms. The summed E-state index contributed by atoms with van der Waals surface area (Å²) < 4.78 is 4.66. The van der Waals surface area contributed by atoms with E-state index in [9.17, 15) is 9.59 Å². The van der Waals surface area contributed by atoms with E-state index in [-0.39, 0.29) is 18.4 Å². The molecule has 0 aliphatic carbocycles. The van der Waals surface area contributed by atoms with Gasteiger partial charge in [-0.25, -0.2) is 9.97 Å². The van der Waals surface area contributed by atoms with Crippen LogP contribution in [-0.4, -0.2) is 47.4 Å². The predicted molar refractivity (Wildman–Crippen MR) is 85.6 cm³/mol. The Balaban J connectivity index is 2.07. The standard InChI is InChI=1S/C17H19N3O3/c1-12(17(22)23-3)11-20(2)16(21)14-9-18-15(19-10-14)13-7-5-4-6-8-13/h4-10,12H,11H2,1-3H3. The van der Waals surface area contributed by atoms with Gasteiger partial charge in [0.15, 0.2) is 5.82 Å². The van der Waals surface area contributed by atoms with Gasteiger partial charge in [0.25, 0.3) is 5.91 Å². The van der Waals surface area contributed by atoms with E-state index in [1.165, 1.54) is 24.4 Å². The van der Waals surface area contributed by atoms with Crippen molar-refractivity contribution in [3.8, 4) is 11.4 Å². The zero-order chi connectivity index (χ0) is 16.8. The van der Waals surface area contributed by atoms with Crippen LogP contribution in [0.2, 0.25) is 0 Å². The monoisotopic (exact) mass is 313 g/mol. The number of rotatable bonds is 5. The number of carbonyl (C=O) groups excluding carboxylic acids is 2. The second-order valence-electron chi connectivity index (χ2n) is 5.27. The van der Waals surface area contributed by atoms with Gasteiger partial charge in [-0.1, -0.05) is 37.3 Å². The van der Waals surface area contributed by atoms with Crippen LogP contribution in [0.4, 0.5) is 0 Å². The summed E-state index contributed by atoms with van der Waals surface area (Å²) in [5, 5.41) is 0. The maximum absolute atomic E-state index is 12.3. The van der Waals surface area contributed by atoms with E-state index < -0.39 is 5.92 Å². The smallest absolute Gasteiger partial charge is 0.310 e. The van der Waals surface area contributed by atoms with Crippen LogP contribution in [0.15, 0.2) is 42.7 Å². The van der Waals surface area contributed by atoms with Crippen LogP contribution in [0.5, 0.6) is 0 Å². The van der Waals surface area contributed by atoms with Crippen molar-refractivity contribution < 1.29 is 14.3 Å². The van der Waals surface area contributed by atoms with Crippen molar-refractivity contribution in [2.24, 2.45) is 5.92 Å². The van der Waals surface area contributed by atoms with Gasteiger partial charge in [-0.15, -0.1) is 0 Å². The lowest BCUT2D eigenvalue weighted by Crippen LogP contribution is -2.34. The summed E-state index contributed by atoms with van der Waals surface area (Å²) in [5.74, 6) is -0.410. The third-order valence-electron chi connectivity index (χ3n) is 3.43. The first-order valence-electron chi connectivity index (χ1n) is 7.23. The minimum atomic E-state index is -0.390. The normalized spacial score (nSPS) is 11.6. The van der Waals surface area contributed by atoms with E-state index in [4.69, 9.17) is 0 Å². The molecule has 2 rings (SSSR count). The first kappa shape index (κ1) is 16.6. The maximum Gasteiger partial charge on any atom is 0.310 e. The Hall–Kier alpha value is -2.76. The van der Waals surface area contributed by atoms with E-state index >= 15 is 0 Å². The summed E-state index contributed by atoms with van der Waals surface area (Å²) in [7, 11) is 2.96. The molecule has 0 saturated heterocycles. The fraction of sp³-hybridized carbons (Fsp3) is 0.294. The molecule has 0 radical (unpaired) electrons. The molecule has 120 valence electrons. The summed E-state index contributed by atoms with van der Waals surface area (Å²) in [6.45, 7) is 1.98. The van der Waals surface area contributed by atoms with Crippen molar-refractivity contribution in [3.63, 3.8) is 0 Å². The highest BCUT2D eigenvalue weighted by molar-refractivity contribution is 5.93. The van der Waals surface area contributed by atoms with Crippen LogP contribution in [-0.2, 0) is 9.53 Å². The Labute approximate surface area is 135 Å². The molecule has 0 bridgehead atoms. The van der Waals surface area contributed by atoms with Gasteiger partial charge in [-0.05, 0) is 0 Å². The Morgan fingerprint density at radius 3 is 2.35 bits per heavy atom. The van der Waals surface area contributed by atoms with Gasteiger partial charge in [0.1, 0.15) is 0 Å². The molecule has 0 spiro atoms. The van der Waals surface area contributed by atoms with Crippen molar-refractivity contribution in [2.75, 3.05) is 20.7 Å². The molecule has 1 aromatic heterocycles. The molecule has 1 heterocycles. The van der Waals surface area contributed by atoms with Crippen molar-refractivity contribution in [1.82, 2.24) is 14.9 Å². The molecule has 0 N–H and O–H groups in total. The van der Waals surface area contributed by atoms with Crippen LogP contribution < -0.4 is 0 Å². The summed E-state index contributed by atoms with van der Waals surface area (Å²) in [6, 6.07) is 9.53. The van der Waals surface area contributed by atoms with Crippen LogP contribution >= 0.6 is 0 Å². The molecule has 6 heteroatoms. The van der Waals surface area contributed by atoms with E-state index in [0.29, 0.717) is 11.4 Å². The molecule has 0 fully saturated rings. The molecule has 1 atom stereocenters. The average molecular weight is 313 g/mol. The highest BCUT2D eigenvalue weighted by Gasteiger charge is 2.20. The van der Waals surface area contributed by atoms with Gasteiger partial charge >= 0.3 is 5.97 Å². The summed E-state index contributed by atoms with van der Waals surface area (Å²) in [4.78, 5) is 33.7. The van der Waals surface area contributed by atoms with E-state index in [0.717, 1.165) is 5.56 Å². The van der Waals surface area contributed by atoms with Gasteiger partial charge in [0.2, 0.25) is 0 Å².